The molecule has 2 aromatic heterocycles. The van der Waals surface area contributed by atoms with Gasteiger partial charge in [0.25, 0.3) is 0 Å². The van der Waals surface area contributed by atoms with Gasteiger partial charge >= 0.3 is 6.36 Å². The fourth-order valence-electron chi connectivity index (χ4n) is 4.28. The molecule has 2 N–H and O–H groups in total. The molecule has 0 aliphatic heterocycles. The summed E-state index contributed by atoms with van der Waals surface area (Å²) in [6.45, 7) is 0. The summed E-state index contributed by atoms with van der Waals surface area (Å²) in [5.41, 5.74) is 5.60. The van der Waals surface area contributed by atoms with Crippen molar-refractivity contribution >= 4 is 11.9 Å². The highest BCUT2D eigenvalue weighted by Crippen LogP contribution is 2.44. The van der Waals surface area contributed by atoms with E-state index in [9.17, 15) is 30.7 Å². The maximum absolute atomic E-state index is 13.9. The van der Waals surface area contributed by atoms with Crippen molar-refractivity contribution < 1.29 is 35.5 Å². The lowest BCUT2D eigenvalue weighted by Gasteiger charge is -2.34. The second-order valence-corrected chi connectivity index (χ2v) is 8.14. The Morgan fingerprint density at radius 1 is 0.909 bits per heavy atom. The van der Waals surface area contributed by atoms with Crippen molar-refractivity contribution in [1.29, 1.82) is 0 Å². The van der Waals surface area contributed by atoms with Gasteiger partial charge in [-0.25, -0.2) is 22.5 Å². The van der Waals surface area contributed by atoms with Crippen LogP contribution in [0.2, 0.25) is 0 Å². The fraction of sp³-hybridized carbons (Fsp3) is 0.579. The third-order valence-electron chi connectivity index (χ3n) is 5.59. The number of anilines is 2. The summed E-state index contributed by atoms with van der Waals surface area (Å²) in [4.78, 5) is 17.0. The highest BCUT2D eigenvalue weighted by molar-refractivity contribution is 5.54. The average molecular weight is 480 g/mol. The molecule has 180 valence electrons. The van der Waals surface area contributed by atoms with E-state index in [0.717, 1.165) is 6.07 Å². The van der Waals surface area contributed by atoms with Gasteiger partial charge in [0, 0.05) is 43.8 Å². The number of hydrogen-bond acceptors (Lipinski definition) is 7. The number of rotatable bonds is 5. The molecule has 0 radical (unpaired) electrons. The molecule has 33 heavy (non-hydrogen) atoms. The second-order valence-electron chi connectivity index (χ2n) is 8.14. The number of nitrogen functional groups attached to an aromatic ring is 1. The van der Waals surface area contributed by atoms with E-state index < -0.39 is 61.9 Å². The first-order valence-electron chi connectivity index (χ1n) is 10.1. The minimum absolute atomic E-state index is 0.0309. The second kappa shape index (κ2) is 8.13. The number of nitrogens with two attached hydrogens (primary N) is 1. The van der Waals surface area contributed by atoms with Crippen LogP contribution in [0.1, 0.15) is 38.5 Å². The van der Waals surface area contributed by atoms with Crippen LogP contribution in [0.5, 0.6) is 5.88 Å². The summed E-state index contributed by atoms with van der Waals surface area (Å²) in [7, 11) is 0. The summed E-state index contributed by atoms with van der Waals surface area (Å²) in [5, 5.41) is 0. The van der Waals surface area contributed by atoms with Gasteiger partial charge in [-0.2, -0.15) is 15.0 Å². The highest BCUT2D eigenvalue weighted by Gasteiger charge is 2.49. The van der Waals surface area contributed by atoms with E-state index in [1.165, 1.54) is 17.0 Å². The summed E-state index contributed by atoms with van der Waals surface area (Å²) >= 11 is 0. The highest BCUT2D eigenvalue weighted by atomic mass is 19.4. The molecule has 2 aliphatic carbocycles. The van der Waals surface area contributed by atoms with Crippen molar-refractivity contribution in [2.75, 3.05) is 10.6 Å². The molecule has 0 spiro atoms. The van der Waals surface area contributed by atoms with Gasteiger partial charge in [0.15, 0.2) is 5.82 Å². The topological polar surface area (TPSA) is 90.0 Å². The lowest BCUT2D eigenvalue weighted by molar-refractivity contribution is -0.276. The predicted octanol–water partition coefficient (Wildman–Crippen LogP) is 4.60. The molecule has 7 nitrogen and oxygen atoms in total. The molecule has 0 bridgehead atoms. The number of alkyl halides is 7. The molecule has 2 fully saturated rings. The first-order valence-corrected chi connectivity index (χ1v) is 10.1. The van der Waals surface area contributed by atoms with Crippen molar-refractivity contribution in [1.82, 2.24) is 19.9 Å². The third kappa shape index (κ3) is 5.53. The lowest BCUT2D eigenvalue weighted by Crippen LogP contribution is -2.43. The van der Waals surface area contributed by atoms with Crippen molar-refractivity contribution in [2.45, 2.75) is 68.8 Å². The minimum Gasteiger partial charge on any atom is -0.388 e. The monoisotopic (exact) mass is 480 g/mol. The van der Waals surface area contributed by atoms with E-state index >= 15 is 0 Å². The quantitative estimate of drug-likeness (QED) is 0.626. The Morgan fingerprint density at radius 3 is 2.03 bits per heavy atom. The van der Waals surface area contributed by atoms with Gasteiger partial charge in [-0.15, -0.1) is 13.2 Å². The van der Waals surface area contributed by atoms with Crippen molar-refractivity contribution in [3.05, 3.63) is 18.2 Å². The Morgan fingerprint density at radius 2 is 1.52 bits per heavy atom. The van der Waals surface area contributed by atoms with Gasteiger partial charge in [0.2, 0.25) is 29.6 Å². The van der Waals surface area contributed by atoms with E-state index in [2.05, 4.69) is 24.7 Å². The van der Waals surface area contributed by atoms with Crippen molar-refractivity contribution in [3.8, 4) is 17.4 Å². The van der Waals surface area contributed by atoms with Gasteiger partial charge in [0.05, 0.1) is 0 Å². The van der Waals surface area contributed by atoms with Crippen molar-refractivity contribution in [3.63, 3.8) is 0 Å². The summed E-state index contributed by atoms with van der Waals surface area (Å²) in [6, 6.07) is 1.84. The summed E-state index contributed by atoms with van der Waals surface area (Å²) in [6.07, 6.45) is -6.88. The third-order valence-corrected chi connectivity index (χ3v) is 5.59. The van der Waals surface area contributed by atoms with E-state index in [1.807, 2.05) is 0 Å². The molecular weight excluding hydrogens is 461 g/mol. The van der Waals surface area contributed by atoms with E-state index in [1.54, 1.807) is 0 Å². The smallest absolute Gasteiger partial charge is 0.388 e. The van der Waals surface area contributed by atoms with Gasteiger partial charge in [-0.05, 0) is 18.9 Å². The summed E-state index contributed by atoms with van der Waals surface area (Å²) in [5.74, 6) is -7.51. The largest absolute Gasteiger partial charge is 0.574 e. The molecule has 2 heterocycles. The van der Waals surface area contributed by atoms with E-state index in [-0.39, 0.29) is 36.3 Å². The molecule has 2 aromatic rings. The van der Waals surface area contributed by atoms with Crippen LogP contribution in [0.25, 0.3) is 11.5 Å². The molecular formula is C19H19F7N6O. The fourth-order valence-corrected chi connectivity index (χ4v) is 4.28. The number of nitrogens with zero attached hydrogens (tertiary/aromatic N) is 5. The van der Waals surface area contributed by atoms with Crippen LogP contribution >= 0.6 is 0 Å². The summed E-state index contributed by atoms with van der Waals surface area (Å²) < 4.78 is 97.2. The zero-order valence-electron chi connectivity index (χ0n) is 17.0. The van der Waals surface area contributed by atoms with Crippen LogP contribution in [-0.4, -0.2) is 50.2 Å². The van der Waals surface area contributed by atoms with Crippen molar-refractivity contribution in [2.24, 2.45) is 0 Å². The molecule has 2 aliphatic rings. The molecule has 14 heteroatoms. The molecule has 4 rings (SSSR count). The minimum atomic E-state index is -4.98. The van der Waals surface area contributed by atoms with Gasteiger partial charge in [-0.1, -0.05) is 6.07 Å². The number of ether oxygens (including phenoxy) is 1. The van der Waals surface area contributed by atoms with Gasteiger partial charge in [0.1, 0.15) is 5.69 Å². The lowest BCUT2D eigenvalue weighted by atomic mass is 10.1. The molecule has 0 aromatic carbocycles. The average Bonchev–Trinajstić information content (AvgIpc) is 3.21. The maximum atomic E-state index is 13.9. The van der Waals surface area contributed by atoms with Crippen LogP contribution in [0.15, 0.2) is 18.2 Å². The molecule has 0 saturated heterocycles. The predicted molar refractivity (Wildman–Crippen MR) is 102 cm³/mol. The number of hydrogen-bond donors (Lipinski definition) is 1. The zero-order chi connectivity index (χ0) is 24.0. The number of halogens is 7. The van der Waals surface area contributed by atoms with Crippen LogP contribution in [0, 0.1) is 0 Å². The number of aromatic nitrogens is 4. The molecule has 2 unspecified atom stereocenters. The van der Waals surface area contributed by atoms with Crippen LogP contribution in [0.4, 0.5) is 42.6 Å². The zero-order valence-corrected chi connectivity index (χ0v) is 17.0. The Labute approximate surface area is 183 Å². The normalized spacial score (nSPS) is 24.1. The Bertz CT molecular complexity index is 992. The van der Waals surface area contributed by atoms with E-state index in [4.69, 9.17) is 5.73 Å². The SMILES string of the molecule is Nc1nc(-c2cccc(OC(F)(F)F)n2)nc(N(C2CCC(F)(F)C2)C2CCC(F)(F)C2)n1. The Hall–Kier alpha value is -2.93. The first kappa shape index (κ1) is 23.2. The van der Waals surface area contributed by atoms with Crippen LogP contribution in [-0.2, 0) is 0 Å². The molecule has 0 amide bonds. The molecule has 2 atom stereocenters. The van der Waals surface area contributed by atoms with Crippen LogP contribution in [0.3, 0.4) is 0 Å². The Balaban J connectivity index is 1.71. The van der Waals surface area contributed by atoms with E-state index in [0.29, 0.717) is 0 Å². The Kier molecular flexibility index (Phi) is 5.73. The van der Waals surface area contributed by atoms with Crippen LogP contribution < -0.4 is 15.4 Å². The van der Waals surface area contributed by atoms with Gasteiger partial charge < -0.3 is 15.4 Å². The maximum Gasteiger partial charge on any atom is 0.574 e. The molecule has 2 saturated carbocycles. The standard InChI is InChI=1S/C19H19F7N6O/c20-17(21)6-4-10(8-17)32(11-5-7-18(22,23)9-11)16-30-14(29-15(27)31-16)12-2-1-3-13(28-12)33-19(24,25)26/h1-3,10-11H,4-9H2,(H2,27,29,30,31). The first-order chi connectivity index (χ1) is 15.3. The number of pyridine rings is 1. The van der Waals surface area contributed by atoms with Gasteiger partial charge in [-0.3, -0.25) is 0 Å².